The van der Waals surface area contributed by atoms with Crippen LogP contribution in [0.1, 0.15) is 37.9 Å². The van der Waals surface area contributed by atoms with Crippen LogP contribution >= 0.6 is 0 Å². The highest BCUT2D eigenvalue weighted by molar-refractivity contribution is 5.69. The van der Waals surface area contributed by atoms with Crippen molar-refractivity contribution in [2.45, 2.75) is 33.2 Å². The summed E-state index contributed by atoms with van der Waals surface area (Å²) in [5.74, 6) is 1.86. The summed E-state index contributed by atoms with van der Waals surface area (Å²) >= 11 is 0. The molecule has 0 aliphatic carbocycles. The van der Waals surface area contributed by atoms with Gasteiger partial charge in [0.05, 0.1) is 12.3 Å². The van der Waals surface area contributed by atoms with E-state index in [1.807, 2.05) is 18.2 Å². The normalized spacial score (nSPS) is 16.0. The molecule has 2 aromatic carbocycles. The lowest BCUT2D eigenvalue weighted by molar-refractivity contribution is 0.103. The summed E-state index contributed by atoms with van der Waals surface area (Å²) in [6.45, 7) is 12.8. The molecule has 2 heterocycles. The van der Waals surface area contributed by atoms with Gasteiger partial charge in [-0.15, -0.1) is 0 Å². The van der Waals surface area contributed by atoms with Crippen LogP contribution in [0.4, 0.5) is 5.82 Å². The Bertz CT molecular complexity index is 1050. The van der Waals surface area contributed by atoms with Gasteiger partial charge in [0.2, 0.25) is 0 Å². The van der Waals surface area contributed by atoms with Gasteiger partial charge in [-0.2, -0.15) is 0 Å². The molecule has 3 aromatic rings. The van der Waals surface area contributed by atoms with Crippen molar-refractivity contribution >= 4 is 5.82 Å². The Morgan fingerprint density at radius 1 is 0.912 bits per heavy atom. The van der Waals surface area contributed by atoms with Crippen LogP contribution in [-0.2, 0) is 6.42 Å². The Morgan fingerprint density at radius 2 is 1.68 bits per heavy atom. The topological polar surface area (TPSA) is 54.6 Å². The predicted molar refractivity (Wildman–Crippen MR) is 141 cm³/mol. The zero-order chi connectivity index (χ0) is 23.9. The molecule has 0 amide bonds. The van der Waals surface area contributed by atoms with E-state index in [0.29, 0.717) is 24.4 Å². The summed E-state index contributed by atoms with van der Waals surface area (Å²) in [5.41, 5.74) is 10.5. The first-order chi connectivity index (χ1) is 16.5. The van der Waals surface area contributed by atoms with Crippen molar-refractivity contribution < 1.29 is 4.74 Å². The fraction of sp³-hybridized carbons (Fsp3) is 0.414. The van der Waals surface area contributed by atoms with Gasteiger partial charge < -0.3 is 15.4 Å². The molecule has 180 valence electrons. The van der Waals surface area contributed by atoms with Crippen LogP contribution < -0.4 is 10.5 Å². The predicted octanol–water partition coefficient (Wildman–Crippen LogP) is 5.29. The van der Waals surface area contributed by atoms with Crippen molar-refractivity contribution in [2.24, 2.45) is 5.92 Å². The summed E-state index contributed by atoms with van der Waals surface area (Å²) in [6.07, 6.45) is 1.12. The monoisotopic (exact) mass is 458 g/mol. The Labute approximate surface area is 204 Å². The Hall–Kier alpha value is -2.89. The molecule has 1 unspecified atom stereocenters. The summed E-state index contributed by atoms with van der Waals surface area (Å²) < 4.78 is 6.25. The third kappa shape index (κ3) is 6.37. The third-order valence-corrected chi connectivity index (χ3v) is 6.62. The van der Waals surface area contributed by atoms with Crippen molar-refractivity contribution in [2.75, 3.05) is 45.1 Å². The number of aromatic nitrogens is 1. The average molecular weight is 459 g/mol. The summed E-state index contributed by atoms with van der Waals surface area (Å²) in [4.78, 5) is 9.69. The van der Waals surface area contributed by atoms with Gasteiger partial charge in [0.15, 0.2) is 0 Å². The molecule has 1 atom stereocenters. The molecule has 1 aromatic heterocycles. The zero-order valence-corrected chi connectivity index (χ0v) is 20.8. The first-order valence-corrected chi connectivity index (χ1v) is 12.5. The fourth-order valence-electron chi connectivity index (χ4n) is 4.50. The van der Waals surface area contributed by atoms with E-state index in [-0.39, 0.29) is 0 Å². The molecule has 0 saturated carbocycles. The van der Waals surface area contributed by atoms with E-state index in [0.717, 1.165) is 56.2 Å². The molecule has 4 rings (SSSR count). The van der Waals surface area contributed by atoms with Gasteiger partial charge in [-0.3, -0.25) is 4.90 Å². The quantitative estimate of drug-likeness (QED) is 0.472. The van der Waals surface area contributed by atoms with E-state index in [2.05, 4.69) is 84.1 Å². The number of rotatable bonds is 9. The fourth-order valence-corrected chi connectivity index (χ4v) is 4.50. The van der Waals surface area contributed by atoms with E-state index < -0.39 is 0 Å². The van der Waals surface area contributed by atoms with Gasteiger partial charge in [0.25, 0.3) is 0 Å². The largest absolute Gasteiger partial charge is 0.493 e. The lowest BCUT2D eigenvalue weighted by atomic mass is 10.0. The number of anilines is 1. The second-order valence-electron chi connectivity index (χ2n) is 9.70. The van der Waals surface area contributed by atoms with Gasteiger partial charge in [0.1, 0.15) is 11.6 Å². The van der Waals surface area contributed by atoms with Gasteiger partial charge in [-0.25, -0.2) is 4.98 Å². The van der Waals surface area contributed by atoms with Crippen molar-refractivity contribution in [1.82, 2.24) is 14.8 Å². The Morgan fingerprint density at radius 3 is 2.38 bits per heavy atom. The van der Waals surface area contributed by atoms with Gasteiger partial charge in [0, 0.05) is 44.3 Å². The maximum Gasteiger partial charge on any atom is 0.129 e. The molecule has 0 spiro atoms. The molecule has 5 heteroatoms. The number of nitrogens with zero attached hydrogens (tertiary/aromatic N) is 3. The van der Waals surface area contributed by atoms with Crippen LogP contribution in [0, 0.1) is 5.92 Å². The lowest BCUT2D eigenvalue weighted by Crippen LogP contribution is -2.47. The van der Waals surface area contributed by atoms with Crippen molar-refractivity contribution in [3.63, 3.8) is 0 Å². The first-order valence-electron chi connectivity index (χ1n) is 12.5. The molecule has 1 aliphatic heterocycles. The number of pyridine rings is 1. The standard InChI is InChI=1S/C29H38N4O/c1-22(2)21-34-28-20-25(12-13-26(28)27-10-7-11-29(30)31-27)23(3)33-18-16-32(17-19-33)15-14-24-8-5-4-6-9-24/h4-13,20,22-23H,14-19,21H2,1-3H3,(H2,30,31). The summed E-state index contributed by atoms with van der Waals surface area (Å²) in [5, 5.41) is 0. The average Bonchev–Trinajstić information content (AvgIpc) is 2.86. The molecular weight excluding hydrogens is 420 g/mol. The third-order valence-electron chi connectivity index (χ3n) is 6.62. The van der Waals surface area contributed by atoms with Crippen LogP contribution in [0.5, 0.6) is 5.75 Å². The minimum absolute atomic E-state index is 0.334. The van der Waals surface area contributed by atoms with Crippen molar-refractivity contribution in [3.05, 3.63) is 77.9 Å². The molecule has 2 N–H and O–H groups in total. The Kier molecular flexibility index (Phi) is 8.20. The van der Waals surface area contributed by atoms with Gasteiger partial charge >= 0.3 is 0 Å². The first kappa shape index (κ1) is 24.2. The molecule has 34 heavy (non-hydrogen) atoms. The SMILES string of the molecule is CC(C)COc1cc(C(C)N2CCN(CCc3ccccc3)CC2)ccc1-c1cccc(N)n1. The van der Waals surface area contributed by atoms with Crippen LogP contribution in [-0.4, -0.2) is 54.1 Å². The second-order valence-corrected chi connectivity index (χ2v) is 9.70. The molecule has 1 saturated heterocycles. The van der Waals surface area contributed by atoms with Gasteiger partial charge in [-0.05, 0) is 54.7 Å². The highest BCUT2D eigenvalue weighted by Gasteiger charge is 2.23. The molecular formula is C29H38N4O. The smallest absolute Gasteiger partial charge is 0.129 e. The molecule has 1 fully saturated rings. The van der Waals surface area contributed by atoms with E-state index in [1.54, 1.807) is 0 Å². The number of nitrogens with two attached hydrogens (primary N) is 1. The van der Waals surface area contributed by atoms with Crippen LogP contribution in [0.2, 0.25) is 0 Å². The van der Waals surface area contributed by atoms with Crippen LogP contribution in [0.15, 0.2) is 66.7 Å². The van der Waals surface area contributed by atoms with E-state index in [4.69, 9.17) is 10.5 Å². The second kappa shape index (κ2) is 11.5. The lowest BCUT2D eigenvalue weighted by Gasteiger charge is -2.38. The van der Waals surface area contributed by atoms with E-state index >= 15 is 0 Å². The maximum absolute atomic E-state index is 6.25. The molecule has 1 aliphatic rings. The number of hydrogen-bond acceptors (Lipinski definition) is 5. The maximum atomic E-state index is 6.25. The minimum atomic E-state index is 0.334. The van der Waals surface area contributed by atoms with Crippen molar-refractivity contribution in [3.8, 4) is 17.0 Å². The van der Waals surface area contributed by atoms with Crippen LogP contribution in [0.3, 0.4) is 0 Å². The Balaban J connectivity index is 1.42. The van der Waals surface area contributed by atoms with Crippen molar-refractivity contribution in [1.29, 1.82) is 0 Å². The number of ether oxygens (including phenoxy) is 1. The summed E-state index contributed by atoms with van der Waals surface area (Å²) in [7, 11) is 0. The van der Waals surface area contributed by atoms with Crippen LogP contribution in [0.25, 0.3) is 11.3 Å². The number of hydrogen-bond donors (Lipinski definition) is 1. The number of nitrogen functional groups attached to an aromatic ring is 1. The highest BCUT2D eigenvalue weighted by atomic mass is 16.5. The summed E-state index contributed by atoms with van der Waals surface area (Å²) in [6, 6.07) is 23.4. The number of benzene rings is 2. The van der Waals surface area contributed by atoms with Gasteiger partial charge in [-0.1, -0.05) is 56.3 Å². The number of piperazine rings is 1. The van der Waals surface area contributed by atoms with E-state index in [9.17, 15) is 0 Å². The molecule has 0 radical (unpaired) electrons. The molecule has 5 nitrogen and oxygen atoms in total. The zero-order valence-electron chi connectivity index (χ0n) is 20.8. The molecule has 0 bridgehead atoms. The van der Waals surface area contributed by atoms with E-state index in [1.165, 1.54) is 11.1 Å². The minimum Gasteiger partial charge on any atom is -0.493 e. The highest BCUT2D eigenvalue weighted by Crippen LogP contribution is 2.34.